The van der Waals surface area contributed by atoms with Gasteiger partial charge >= 0.3 is 0 Å². The fourth-order valence-electron chi connectivity index (χ4n) is 2.30. The summed E-state index contributed by atoms with van der Waals surface area (Å²) in [6.45, 7) is 4.04. The number of nitrogens with zero attached hydrogens (tertiary/aromatic N) is 4. The molecule has 0 unspecified atom stereocenters. The Morgan fingerprint density at radius 3 is 2.73 bits per heavy atom. The molecule has 8 heteroatoms. The third kappa shape index (κ3) is 3.58. The first-order chi connectivity index (χ1) is 10.7. The average molecular weight is 317 g/mol. The van der Waals surface area contributed by atoms with Gasteiger partial charge in [-0.05, 0) is 18.4 Å². The van der Waals surface area contributed by atoms with E-state index in [2.05, 4.69) is 36.6 Å². The molecular formula is C14H19N7S. The molecule has 0 atom stereocenters. The van der Waals surface area contributed by atoms with Crippen LogP contribution in [0.15, 0.2) is 29.6 Å². The van der Waals surface area contributed by atoms with Crippen LogP contribution in [-0.2, 0) is 0 Å². The molecule has 7 nitrogen and oxygen atoms in total. The lowest BCUT2D eigenvalue weighted by Gasteiger charge is -2.29. The van der Waals surface area contributed by atoms with Crippen LogP contribution in [0.2, 0.25) is 0 Å². The predicted molar refractivity (Wildman–Crippen MR) is 90.8 cm³/mol. The lowest BCUT2D eigenvalue weighted by atomic mass is 10.3. The molecule has 2 aromatic heterocycles. The normalized spacial score (nSPS) is 14.9. The molecule has 0 amide bonds. The number of anilines is 4. The van der Waals surface area contributed by atoms with Gasteiger partial charge in [0.1, 0.15) is 17.5 Å². The largest absolute Gasteiger partial charge is 0.383 e. The van der Waals surface area contributed by atoms with Gasteiger partial charge in [0, 0.05) is 32.2 Å². The summed E-state index contributed by atoms with van der Waals surface area (Å²) in [6, 6.07) is 5.72. The van der Waals surface area contributed by atoms with E-state index in [-0.39, 0.29) is 0 Å². The summed E-state index contributed by atoms with van der Waals surface area (Å²) < 4.78 is 0. The summed E-state index contributed by atoms with van der Waals surface area (Å²) in [4.78, 5) is 15.3. The molecule has 4 N–H and O–H groups in total. The van der Waals surface area contributed by atoms with Gasteiger partial charge in [-0.3, -0.25) is 0 Å². The maximum Gasteiger partial charge on any atom is 0.191 e. The third-order valence-corrected chi connectivity index (χ3v) is 3.94. The fourth-order valence-corrected chi connectivity index (χ4v) is 2.69. The SMILES string of the molecule is CSc1nc(N)cc(Nc2ccc(N3CCNCC3)cn2)n1. The van der Waals surface area contributed by atoms with Gasteiger partial charge in [-0.2, -0.15) is 0 Å². The Morgan fingerprint density at radius 1 is 1.23 bits per heavy atom. The van der Waals surface area contributed by atoms with Gasteiger partial charge in [-0.15, -0.1) is 0 Å². The second-order valence-corrected chi connectivity index (χ2v) is 5.70. The van der Waals surface area contributed by atoms with E-state index < -0.39 is 0 Å². The monoisotopic (exact) mass is 317 g/mol. The maximum atomic E-state index is 5.77. The first-order valence-corrected chi connectivity index (χ1v) is 8.34. The highest BCUT2D eigenvalue weighted by Gasteiger charge is 2.10. The summed E-state index contributed by atoms with van der Waals surface area (Å²) in [5.41, 5.74) is 6.91. The Kier molecular flexibility index (Phi) is 4.59. The molecule has 0 aliphatic carbocycles. The van der Waals surface area contributed by atoms with Crippen molar-refractivity contribution in [1.82, 2.24) is 20.3 Å². The molecule has 0 aromatic carbocycles. The van der Waals surface area contributed by atoms with E-state index >= 15 is 0 Å². The van der Waals surface area contributed by atoms with E-state index in [1.807, 2.05) is 18.5 Å². The standard InChI is InChI=1S/C14H19N7S/c1-22-14-18-11(15)8-13(20-14)19-12-3-2-10(9-17-12)21-6-4-16-5-7-21/h2-3,8-9,16H,4-7H2,1H3,(H3,15,17,18,19,20). The van der Waals surface area contributed by atoms with Gasteiger partial charge in [-0.25, -0.2) is 15.0 Å². The minimum Gasteiger partial charge on any atom is -0.383 e. The number of nitrogen functional groups attached to an aromatic ring is 1. The van der Waals surface area contributed by atoms with Crippen LogP contribution in [-0.4, -0.2) is 47.4 Å². The van der Waals surface area contributed by atoms with Crippen molar-refractivity contribution in [2.45, 2.75) is 5.16 Å². The molecule has 22 heavy (non-hydrogen) atoms. The molecule has 1 aliphatic rings. The molecule has 0 saturated carbocycles. The summed E-state index contributed by atoms with van der Waals surface area (Å²) in [7, 11) is 0. The minimum atomic E-state index is 0.444. The number of pyridine rings is 1. The van der Waals surface area contributed by atoms with Crippen LogP contribution in [0.1, 0.15) is 0 Å². The molecule has 0 bridgehead atoms. The molecule has 116 valence electrons. The highest BCUT2D eigenvalue weighted by molar-refractivity contribution is 7.98. The fraction of sp³-hybridized carbons (Fsp3) is 0.357. The lowest BCUT2D eigenvalue weighted by molar-refractivity contribution is 0.589. The molecule has 0 spiro atoms. The molecule has 2 aromatic rings. The zero-order valence-corrected chi connectivity index (χ0v) is 13.2. The summed E-state index contributed by atoms with van der Waals surface area (Å²) in [6.07, 6.45) is 3.80. The number of rotatable bonds is 4. The van der Waals surface area contributed by atoms with Gasteiger partial charge in [0.2, 0.25) is 0 Å². The summed E-state index contributed by atoms with van der Waals surface area (Å²) in [5, 5.41) is 7.14. The van der Waals surface area contributed by atoms with E-state index in [1.165, 1.54) is 11.8 Å². The van der Waals surface area contributed by atoms with Crippen molar-refractivity contribution < 1.29 is 0 Å². The van der Waals surface area contributed by atoms with Crippen LogP contribution in [0.5, 0.6) is 0 Å². The minimum absolute atomic E-state index is 0.444. The highest BCUT2D eigenvalue weighted by Crippen LogP contribution is 2.20. The lowest BCUT2D eigenvalue weighted by Crippen LogP contribution is -2.43. The number of nitrogens with one attached hydrogen (secondary N) is 2. The molecule has 1 fully saturated rings. The smallest absolute Gasteiger partial charge is 0.191 e. The van der Waals surface area contributed by atoms with Crippen LogP contribution >= 0.6 is 11.8 Å². The summed E-state index contributed by atoms with van der Waals surface area (Å²) in [5.74, 6) is 1.84. The van der Waals surface area contributed by atoms with Gasteiger partial charge in [0.15, 0.2) is 5.16 Å². The van der Waals surface area contributed by atoms with Crippen LogP contribution in [0.3, 0.4) is 0 Å². The Hall–Kier alpha value is -2.06. The Labute approximate surface area is 133 Å². The van der Waals surface area contributed by atoms with Crippen LogP contribution in [0.4, 0.5) is 23.1 Å². The first kappa shape index (κ1) is 14.9. The van der Waals surface area contributed by atoms with Gasteiger partial charge < -0.3 is 21.3 Å². The maximum absolute atomic E-state index is 5.77. The van der Waals surface area contributed by atoms with Crippen molar-refractivity contribution in [3.63, 3.8) is 0 Å². The van der Waals surface area contributed by atoms with E-state index in [4.69, 9.17) is 5.73 Å². The van der Waals surface area contributed by atoms with Crippen LogP contribution in [0, 0.1) is 0 Å². The number of piperazine rings is 1. The highest BCUT2D eigenvalue weighted by atomic mass is 32.2. The average Bonchev–Trinajstić information content (AvgIpc) is 2.56. The molecule has 1 aliphatic heterocycles. The summed E-state index contributed by atoms with van der Waals surface area (Å²) >= 11 is 1.45. The molecule has 3 heterocycles. The number of aromatic nitrogens is 3. The van der Waals surface area contributed by atoms with Crippen LogP contribution in [0.25, 0.3) is 0 Å². The van der Waals surface area contributed by atoms with Gasteiger partial charge in [0.05, 0.1) is 11.9 Å². The van der Waals surface area contributed by atoms with Gasteiger partial charge in [0.25, 0.3) is 0 Å². The van der Waals surface area contributed by atoms with Crippen molar-refractivity contribution in [3.8, 4) is 0 Å². The third-order valence-electron chi connectivity index (χ3n) is 3.39. The molecule has 1 saturated heterocycles. The number of hydrogen-bond donors (Lipinski definition) is 3. The van der Waals surface area contributed by atoms with Crippen LogP contribution < -0.4 is 21.3 Å². The number of nitrogens with two attached hydrogens (primary N) is 1. The quantitative estimate of drug-likeness (QED) is 0.574. The second kappa shape index (κ2) is 6.80. The van der Waals surface area contributed by atoms with E-state index in [9.17, 15) is 0 Å². The Morgan fingerprint density at radius 2 is 2.05 bits per heavy atom. The number of thioether (sulfide) groups is 1. The first-order valence-electron chi connectivity index (χ1n) is 7.12. The van der Waals surface area contributed by atoms with Crippen molar-refractivity contribution in [3.05, 3.63) is 24.4 Å². The predicted octanol–water partition coefficient (Wildman–Crippen LogP) is 1.33. The van der Waals surface area contributed by atoms with Crippen molar-refractivity contribution in [2.24, 2.45) is 0 Å². The van der Waals surface area contributed by atoms with Crippen molar-refractivity contribution in [2.75, 3.05) is 48.4 Å². The second-order valence-electron chi connectivity index (χ2n) is 4.93. The van der Waals surface area contributed by atoms with E-state index in [0.717, 1.165) is 37.7 Å². The molecule has 0 radical (unpaired) electrons. The Bertz CT molecular complexity index is 626. The van der Waals surface area contributed by atoms with Crippen molar-refractivity contribution >= 4 is 34.9 Å². The number of hydrogen-bond acceptors (Lipinski definition) is 8. The molecule has 3 rings (SSSR count). The van der Waals surface area contributed by atoms with E-state index in [1.54, 1.807) is 6.07 Å². The Balaban J connectivity index is 1.71. The van der Waals surface area contributed by atoms with Crippen molar-refractivity contribution in [1.29, 1.82) is 0 Å². The molecular weight excluding hydrogens is 298 g/mol. The zero-order valence-electron chi connectivity index (χ0n) is 12.4. The topological polar surface area (TPSA) is 92.0 Å². The van der Waals surface area contributed by atoms with E-state index in [0.29, 0.717) is 16.8 Å². The van der Waals surface area contributed by atoms with Gasteiger partial charge in [-0.1, -0.05) is 11.8 Å². The zero-order chi connectivity index (χ0) is 15.4.